The molecule has 0 saturated heterocycles. The number of hydrogen-bond acceptors (Lipinski definition) is 2. The van der Waals surface area contributed by atoms with E-state index in [1.165, 1.54) is 18.4 Å². The smallest absolute Gasteiger partial charge is 0.318 e. The van der Waals surface area contributed by atoms with Crippen LogP contribution in [0.2, 0.25) is 0 Å². The molecule has 1 unspecified atom stereocenters. The van der Waals surface area contributed by atoms with E-state index in [1.54, 1.807) is 7.11 Å². The van der Waals surface area contributed by atoms with Crippen molar-refractivity contribution in [3.8, 4) is 0 Å². The molecule has 1 aromatic carbocycles. The number of hydrogen-bond donors (Lipinski definition) is 1. The second kappa shape index (κ2) is 7.29. The Bertz CT molecular complexity index is 418. The molecule has 2 rings (SSSR count). The normalized spacial score (nSPS) is 15.7. The monoisotopic (exact) mass is 276 g/mol. The lowest BCUT2D eigenvalue weighted by molar-refractivity contribution is 0.158. The highest BCUT2D eigenvalue weighted by atomic mass is 16.5. The van der Waals surface area contributed by atoms with Crippen molar-refractivity contribution >= 4 is 6.03 Å². The topological polar surface area (TPSA) is 41.6 Å². The highest BCUT2D eigenvalue weighted by molar-refractivity contribution is 5.74. The van der Waals surface area contributed by atoms with Gasteiger partial charge in [-0.1, -0.05) is 30.3 Å². The van der Waals surface area contributed by atoms with Crippen LogP contribution >= 0.6 is 0 Å². The van der Waals surface area contributed by atoms with E-state index >= 15 is 0 Å². The molecule has 0 spiro atoms. The van der Waals surface area contributed by atoms with Crippen molar-refractivity contribution in [1.29, 1.82) is 0 Å². The Balaban J connectivity index is 1.98. The van der Waals surface area contributed by atoms with Crippen molar-refractivity contribution in [1.82, 2.24) is 10.2 Å². The number of carbonyl (C=O) groups excluding carboxylic acids is 1. The van der Waals surface area contributed by atoms with Gasteiger partial charge in [-0.25, -0.2) is 4.79 Å². The van der Waals surface area contributed by atoms with Crippen LogP contribution in [-0.4, -0.2) is 37.2 Å². The Kier molecular flexibility index (Phi) is 5.41. The number of nitrogens with one attached hydrogen (secondary N) is 1. The van der Waals surface area contributed by atoms with E-state index in [2.05, 4.69) is 24.4 Å². The van der Waals surface area contributed by atoms with Gasteiger partial charge in [0.15, 0.2) is 0 Å². The maximum Gasteiger partial charge on any atom is 0.318 e. The zero-order chi connectivity index (χ0) is 14.4. The first-order valence-electron chi connectivity index (χ1n) is 7.29. The number of methoxy groups -OCH3 is 1. The van der Waals surface area contributed by atoms with Crippen molar-refractivity contribution in [2.45, 2.75) is 32.4 Å². The molecule has 110 valence electrons. The molecule has 1 N–H and O–H groups in total. The lowest BCUT2D eigenvalue weighted by Gasteiger charge is -2.29. The lowest BCUT2D eigenvalue weighted by atomic mass is 10.1. The molecule has 1 fully saturated rings. The Hall–Kier alpha value is -1.55. The summed E-state index contributed by atoms with van der Waals surface area (Å²) in [5.41, 5.74) is 1.17. The van der Waals surface area contributed by atoms with Crippen molar-refractivity contribution < 1.29 is 9.53 Å². The third kappa shape index (κ3) is 4.23. The summed E-state index contributed by atoms with van der Waals surface area (Å²) in [4.78, 5) is 14.3. The second-order valence-electron chi connectivity index (χ2n) is 5.42. The molecule has 20 heavy (non-hydrogen) atoms. The number of carbonyl (C=O) groups is 1. The zero-order valence-corrected chi connectivity index (χ0v) is 12.3. The van der Waals surface area contributed by atoms with Crippen molar-refractivity contribution in [2.24, 2.45) is 5.92 Å². The van der Waals surface area contributed by atoms with Gasteiger partial charge in [0.25, 0.3) is 0 Å². The minimum absolute atomic E-state index is 0.00491. The fourth-order valence-corrected chi connectivity index (χ4v) is 2.38. The molecule has 1 atom stereocenters. The molecule has 0 radical (unpaired) electrons. The molecule has 2 amide bonds. The summed E-state index contributed by atoms with van der Waals surface area (Å²) in [7, 11) is 1.64. The zero-order valence-electron chi connectivity index (χ0n) is 12.3. The molecule has 1 aliphatic carbocycles. The van der Waals surface area contributed by atoms with Crippen LogP contribution in [-0.2, 0) is 11.3 Å². The lowest BCUT2D eigenvalue weighted by Crippen LogP contribution is -2.46. The molecule has 1 aliphatic rings. The van der Waals surface area contributed by atoms with Crippen LogP contribution < -0.4 is 5.32 Å². The standard InChI is InChI=1S/C16H24N2O2/c1-13(15-8-9-15)18(16(19)17-10-11-20-2)12-14-6-4-3-5-7-14/h3-7,13,15H,8-12H2,1-2H3,(H,17,19). The number of urea groups is 1. The predicted octanol–water partition coefficient (Wildman–Crippen LogP) is 2.64. The summed E-state index contributed by atoms with van der Waals surface area (Å²) >= 11 is 0. The quantitative estimate of drug-likeness (QED) is 0.778. The summed E-state index contributed by atoms with van der Waals surface area (Å²) in [6.45, 7) is 3.91. The summed E-state index contributed by atoms with van der Waals surface area (Å²) in [6.07, 6.45) is 2.47. The third-order valence-electron chi connectivity index (χ3n) is 3.83. The van der Waals surface area contributed by atoms with E-state index in [0.29, 0.717) is 25.6 Å². The van der Waals surface area contributed by atoms with E-state index in [0.717, 1.165) is 0 Å². The highest BCUT2D eigenvalue weighted by Crippen LogP contribution is 2.35. The Morgan fingerprint density at radius 3 is 2.70 bits per heavy atom. The molecular formula is C16H24N2O2. The molecule has 1 saturated carbocycles. The number of rotatable bonds is 7. The maximum absolute atomic E-state index is 12.4. The van der Waals surface area contributed by atoms with Crippen LogP contribution in [0, 0.1) is 5.92 Å². The summed E-state index contributed by atoms with van der Waals surface area (Å²) < 4.78 is 4.98. The summed E-state index contributed by atoms with van der Waals surface area (Å²) in [6, 6.07) is 10.4. The fraction of sp³-hybridized carbons (Fsp3) is 0.562. The molecular weight excluding hydrogens is 252 g/mol. The highest BCUT2D eigenvalue weighted by Gasteiger charge is 2.34. The number of ether oxygens (including phenoxy) is 1. The van der Waals surface area contributed by atoms with Crippen molar-refractivity contribution in [3.63, 3.8) is 0 Å². The van der Waals surface area contributed by atoms with Gasteiger partial charge >= 0.3 is 6.03 Å². The van der Waals surface area contributed by atoms with Gasteiger partial charge < -0.3 is 15.0 Å². The Morgan fingerprint density at radius 1 is 1.40 bits per heavy atom. The van der Waals surface area contributed by atoms with E-state index in [-0.39, 0.29) is 12.1 Å². The molecule has 0 bridgehead atoms. The number of benzene rings is 1. The fourth-order valence-electron chi connectivity index (χ4n) is 2.38. The van der Waals surface area contributed by atoms with Crippen molar-refractivity contribution in [3.05, 3.63) is 35.9 Å². The van der Waals surface area contributed by atoms with Crippen LogP contribution in [0.5, 0.6) is 0 Å². The summed E-state index contributed by atoms with van der Waals surface area (Å²) in [5, 5.41) is 2.93. The number of nitrogens with zero attached hydrogens (tertiary/aromatic N) is 1. The Morgan fingerprint density at radius 2 is 2.10 bits per heavy atom. The first-order valence-corrected chi connectivity index (χ1v) is 7.29. The molecule has 4 heteroatoms. The molecule has 0 heterocycles. The van der Waals surface area contributed by atoms with Gasteiger partial charge in [-0.3, -0.25) is 0 Å². The Labute approximate surface area is 121 Å². The predicted molar refractivity (Wildman–Crippen MR) is 79.4 cm³/mol. The first-order chi connectivity index (χ1) is 9.72. The average Bonchev–Trinajstić information content (AvgIpc) is 3.30. The van der Waals surface area contributed by atoms with Crippen LogP contribution in [0.25, 0.3) is 0 Å². The van der Waals surface area contributed by atoms with Crippen LogP contribution in [0.1, 0.15) is 25.3 Å². The summed E-state index contributed by atoms with van der Waals surface area (Å²) in [5.74, 6) is 0.659. The SMILES string of the molecule is COCCNC(=O)N(Cc1ccccc1)C(C)C1CC1. The average molecular weight is 276 g/mol. The molecule has 1 aromatic rings. The minimum atomic E-state index is 0.00491. The maximum atomic E-state index is 12.4. The van der Waals surface area contributed by atoms with Crippen LogP contribution in [0.3, 0.4) is 0 Å². The minimum Gasteiger partial charge on any atom is -0.383 e. The van der Waals surface area contributed by atoms with E-state index < -0.39 is 0 Å². The second-order valence-corrected chi connectivity index (χ2v) is 5.42. The molecule has 0 aliphatic heterocycles. The number of amides is 2. The van der Waals surface area contributed by atoms with Gasteiger partial charge in [-0.2, -0.15) is 0 Å². The molecule has 0 aromatic heterocycles. The van der Waals surface area contributed by atoms with Crippen LogP contribution in [0.15, 0.2) is 30.3 Å². The van der Waals surface area contributed by atoms with Gasteiger partial charge in [-0.05, 0) is 31.2 Å². The van der Waals surface area contributed by atoms with Gasteiger partial charge in [0.2, 0.25) is 0 Å². The first kappa shape index (κ1) is 14.9. The largest absolute Gasteiger partial charge is 0.383 e. The third-order valence-corrected chi connectivity index (χ3v) is 3.83. The van der Waals surface area contributed by atoms with Gasteiger partial charge in [-0.15, -0.1) is 0 Å². The van der Waals surface area contributed by atoms with E-state index in [1.807, 2.05) is 23.1 Å². The van der Waals surface area contributed by atoms with Gasteiger partial charge in [0, 0.05) is 26.2 Å². The van der Waals surface area contributed by atoms with Crippen LogP contribution in [0.4, 0.5) is 4.79 Å². The van der Waals surface area contributed by atoms with Crippen molar-refractivity contribution in [2.75, 3.05) is 20.3 Å². The van der Waals surface area contributed by atoms with Gasteiger partial charge in [0.05, 0.1) is 6.61 Å². The van der Waals surface area contributed by atoms with E-state index in [4.69, 9.17) is 4.74 Å². The van der Waals surface area contributed by atoms with E-state index in [9.17, 15) is 4.79 Å². The van der Waals surface area contributed by atoms with Gasteiger partial charge in [0.1, 0.15) is 0 Å². The molecule has 4 nitrogen and oxygen atoms in total.